The molecule has 0 atom stereocenters. The Hall–Kier alpha value is -1.37. The third kappa shape index (κ3) is 3.45. The van der Waals surface area contributed by atoms with Gasteiger partial charge in [-0.15, -0.1) is 0 Å². The number of rotatable bonds is 4. The molecule has 0 unspecified atom stereocenters. The van der Waals surface area contributed by atoms with Crippen molar-refractivity contribution >= 4 is 21.6 Å². The number of hydrogen-bond acceptors (Lipinski definition) is 3. The summed E-state index contributed by atoms with van der Waals surface area (Å²) in [7, 11) is -2.08. The van der Waals surface area contributed by atoms with Crippen LogP contribution in [-0.2, 0) is 23.6 Å². The van der Waals surface area contributed by atoms with Gasteiger partial charge in [0, 0.05) is 13.6 Å². The summed E-state index contributed by atoms with van der Waals surface area (Å²) in [6.45, 7) is 5.80. The van der Waals surface area contributed by atoms with E-state index < -0.39 is 10.0 Å². The molecule has 2 rings (SSSR count). The van der Waals surface area contributed by atoms with Gasteiger partial charge in [-0.2, -0.15) is 5.10 Å². The first kappa shape index (κ1) is 16.0. The number of hydrogen-bond donors (Lipinski definition) is 1. The molecular weight excluding hydrogens is 310 g/mol. The molecule has 0 fully saturated rings. The molecular formula is C14H18ClN3O2S. The summed E-state index contributed by atoms with van der Waals surface area (Å²) in [6, 6.07) is 5.95. The van der Waals surface area contributed by atoms with Gasteiger partial charge in [0.05, 0.1) is 5.69 Å². The number of sulfonamides is 1. The largest absolute Gasteiger partial charge is 0.255 e. The highest BCUT2D eigenvalue weighted by molar-refractivity contribution is 7.89. The maximum atomic E-state index is 12.4. The lowest BCUT2D eigenvalue weighted by molar-refractivity contribution is 0.580. The molecule has 0 aliphatic rings. The van der Waals surface area contributed by atoms with E-state index >= 15 is 0 Å². The van der Waals surface area contributed by atoms with E-state index in [-0.39, 0.29) is 16.6 Å². The SMILES string of the molecule is Cc1cc(C)cc(CNS(=O)(=O)c2c(C)nn(C)c2Cl)c1. The van der Waals surface area contributed by atoms with Crippen LogP contribution in [0.1, 0.15) is 22.4 Å². The van der Waals surface area contributed by atoms with E-state index in [0.29, 0.717) is 5.69 Å². The van der Waals surface area contributed by atoms with Crippen LogP contribution < -0.4 is 4.72 Å². The summed E-state index contributed by atoms with van der Waals surface area (Å²) >= 11 is 6.01. The highest BCUT2D eigenvalue weighted by Gasteiger charge is 2.24. The topological polar surface area (TPSA) is 64.0 Å². The summed E-state index contributed by atoms with van der Waals surface area (Å²) in [5.74, 6) is 0. The van der Waals surface area contributed by atoms with Crippen molar-refractivity contribution in [2.45, 2.75) is 32.2 Å². The molecule has 2 aromatic rings. The van der Waals surface area contributed by atoms with Crippen molar-refractivity contribution in [3.05, 3.63) is 45.7 Å². The molecule has 5 nitrogen and oxygen atoms in total. The van der Waals surface area contributed by atoms with E-state index in [2.05, 4.69) is 9.82 Å². The molecule has 1 heterocycles. The molecule has 7 heteroatoms. The van der Waals surface area contributed by atoms with E-state index in [0.717, 1.165) is 16.7 Å². The summed E-state index contributed by atoms with van der Waals surface area (Å²) in [5, 5.41) is 4.14. The Labute approximate surface area is 130 Å². The quantitative estimate of drug-likeness (QED) is 0.938. The third-order valence-corrected chi connectivity index (χ3v) is 5.21. The van der Waals surface area contributed by atoms with Crippen LogP contribution >= 0.6 is 11.6 Å². The average Bonchev–Trinajstić information content (AvgIpc) is 2.60. The third-order valence-electron chi connectivity index (χ3n) is 3.12. The van der Waals surface area contributed by atoms with Crippen molar-refractivity contribution in [2.75, 3.05) is 0 Å². The predicted molar refractivity (Wildman–Crippen MR) is 82.9 cm³/mol. The molecule has 0 amide bonds. The number of nitrogens with zero attached hydrogens (tertiary/aromatic N) is 2. The standard InChI is InChI=1S/C14H18ClN3O2S/c1-9-5-10(2)7-12(6-9)8-16-21(19,20)13-11(3)17-18(4)14(13)15/h5-7,16H,8H2,1-4H3. The number of aryl methyl sites for hydroxylation is 4. The Balaban J connectivity index is 2.26. The molecule has 0 saturated carbocycles. The smallest absolute Gasteiger partial charge is 0.245 e. The number of nitrogens with one attached hydrogen (secondary N) is 1. The van der Waals surface area contributed by atoms with Gasteiger partial charge in [-0.25, -0.2) is 13.1 Å². The zero-order valence-corrected chi connectivity index (χ0v) is 14.0. The van der Waals surface area contributed by atoms with Gasteiger partial charge >= 0.3 is 0 Å². The molecule has 0 spiro atoms. The fourth-order valence-electron chi connectivity index (χ4n) is 2.34. The average molecular weight is 328 g/mol. The van der Waals surface area contributed by atoms with Gasteiger partial charge in [-0.3, -0.25) is 4.68 Å². The predicted octanol–water partition coefficient (Wildman–Crippen LogP) is 2.48. The van der Waals surface area contributed by atoms with Crippen molar-refractivity contribution in [1.29, 1.82) is 0 Å². The molecule has 0 saturated heterocycles. The van der Waals surface area contributed by atoms with Crippen LogP contribution in [0.5, 0.6) is 0 Å². The molecule has 0 bridgehead atoms. The molecule has 1 N–H and O–H groups in total. The van der Waals surface area contributed by atoms with Crippen LogP contribution in [-0.4, -0.2) is 18.2 Å². The second kappa shape index (κ2) is 5.79. The summed E-state index contributed by atoms with van der Waals surface area (Å²) in [6.07, 6.45) is 0. The second-order valence-corrected chi connectivity index (χ2v) is 7.21. The first-order chi connectivity index (χ1) is 9.70. The monoisotopic (exact) mass is 327 g/mol. The molecule has 1 aromatic heterocycles. The van der Waals surface area contributed by atoms with Gasteiger partial charge in [0.2, 0.25) is 10.0 Å². The maximum Gasteiger partial charge on any atom is 0.245 e. The Morgan fingerprint density at radius 3 is 2.24 bits per heavy atom. The first-order valence-corrected chi connectivity index (χ1v) is 8.33. The Morgan fingerprint density at radius 1 is 1.19 bits per heavy atom. The number of halogens is 1. The highest BCUT2D eigenvalue weighted by Crippen LogP contribution is 2.24. The van der Waals surface area contributed by atoms with Crippen molar-refractivity contribution < 1.29 is 8.42 Å². The fraction of sp³-hybridized carbons (Fsp3) is 0.357. The van der Waals surface area contributed by atoms with Gasteiger partial charge in [0.25, 0.3) is 0 Å². The van der Waals surface area contributed by atoms with Gasteiger partial charge in [0.1, 0.15) is 10.0 Å². The molecule has 114 valence electrons. The van der Waals surface area contributed by atoms with E-state index in [4.69, 9.17) is 11.6 Å². The van der Waals surface area contributed by atoms with Gasteiger partial charge in [-0.1, -0.05) is 40.9 Å². The van der Waals surface area contributed by atoms with Crippen molar-refractivity contribution in [1.82, 2.24) is 14.5 Å². The second-order valence-electron chi connectivity index (χ2n) is 5.15. The van der Waals surface area contributed by atoms with Crippen LogP contribution in [0.25, 0.3) is 0 Å². The van der Waals surface area contributed by atoms with Crippen LogP contribution in [0.4, 0.5) is 0 Å². The van der Waals surface area contributed by atoms with E-state index in [1.807, 2.05) is 32.0 Å². The van der Waals surface area contributed by atoms with Gasteiger partial charge in [0.15, 0.2) is 0 Å². The first-order valence-electron chi connectivity index (χ1n) is 6.46. The molecule has 0 radical (unpaired) electrons. The minimum Gasteiger partial charge on any atom is -0.255 e. The lowest BCUT2D eigenvalue weighted by Crippen LogP contribution is -2.24. The maximum absolute atomic E-state index is 12.4. The molecule has 1 aromatic carbocycles. The summed E-state index contributed by atoms with van der Waals surface area (Å²) in [4.78, 5) is 0.0380. The van der Waals surface area contributed by atoms with Gasteiger partial charge in [-0.05, 0) is 26.3 Å². The van der Waals surface area contributed by atoms with Crippen LogP contribution in [0.15, 0.2) is 23.1 Å². The summed E-state index contributed by atoms with van der Waals surface area (Å²) < 4.78 is 28.7. The zero-order chi connectivity index (χ0) is 15.8. The van der Waals surface area contributed by atoms with Crippen molar-refractivity contribution in [2.24, 2.45) is 7.05 Å². The Bertz CT molecular complexity index is 762. The van der Waals surface area contributed by atoms with Gasteiger partial charge < -0.3 is 0 Å². The van der Waals surface area contributed by atoms with E-state index in [9.17, 15) is 8.42 Å². The van der Waals surface area contributed by atoms with Crippen molar-refractivity contribution in [3.8, 4) is 0 Å². The van der Waals surface area contributed by atoms with Crippen LogP contribution in [0.3, 0.4) is 0 Å². The molecule has 21 heavy (non-hydrogen) atoms. The highest BCUT2D eigenvalue weighted by atomic mass is 35.5. The Morgan fingerprint density at radius 2 is 1.76 bits per heavy atom. The fourth-order valence-corrected chi connectivity index (χ4v) is 4.10. The van der Waals surface area contributed by atoms with Crippen LogP contribution in [0, 0.1) is 20.8 Å². The normalized spacial score (nSPS) is 11.9. The number of aromatic nitrogens is 2. The lowest BCUT2D eigenvalue weighted by atomic mass is 10.1. The molecule has 0 aliphatic carbocycles. The summed E-state index contributed by atoms with van der Waals surface area (Å²) in [5.41, 5.74) is 3.49. The van der Waals surface area contributed by atoms with Crippen LogP contribution in [0.2, 0.25) is 5.15 Å². The van der Waals surface area contributed by atoms with E-state index in [1.54, 1.807) is 14.0 Å². The van der Waals surface area contributed by atoms with Crippen molar-refractivity contribution in [3.63, 3.8) is 0 Å². The molecule has 0 aliphatic heterocycles. The lowest BCUT2D eigenvalue weighted by Gasteiger charge is -2.08. The zero-order valence-electron chi connectivity index (χ0n) is 12.4. The Kier molecular flexibility index (Phi) is 4.41. The minimum absolute atomic E-state index is 0.0380. The minimum atomic E-state index is -3.69. The van der Waals surface area contributed by atoms with E-state index in [1.165, 1.54) is 4.68 Å². The number of benzene rings is 1.